The van der Waals surface area contributed by atoms with Crippen LogP contribution in [0.1, 0.15) is 5.82 Å². The summed E-state index contributed by atoms with van der Waals surface area (Å²) in [6, 6.07) is 16.7. The maximum atomic E-state index is 10.4. The van der Waals surface area contributed by atoms with Gasteiger partial charge in [-0.15, -0.1) is 0 Å². The van der Waals surface area contributed by atoms with Gasteiger partial charge in [0.1, 0.15) is 37.1 Å². The molecule has 3 rings (SSSR count). The molecule has 7 heteroatoms. The Balaban J connectivity index is 1.61. The summed E-state index contributed by atoms with van der Waals surface area (Å²) in [6.45, 7) is 1.43. The number of allylic oxidation sites excluding steroid dienone is 1. The lowest BCUT2D eigenvalue weighted by Gasteiger charge is -2.14. The first kappa shape index (κ1) is 18.8. The van der Waals surface area contributed by atoms with Crippen molar-refractivity contribution in [1.29, 1.82) is 5.26 Å². The van der Waals surface area contributed by atoms with Crippen molar-refractivity contribution < 1.29 is 14.7 Å². The Bertz CT molecular complexity index is 956. The largest absolute Gasteiger partial charge is 0.506 e. The lowest BCUT2D eigenvalue weighted by Crippen LogP contribution is -3.09. The molecule has 0 saturated carbocycles. The molecular formula is C20H20ClN4O2+. The molecule has 138 valence electrons. The van der Waals surface area contributed by atoms with Crippen LogP contribution in [0, 0.1) is 11.3 Å². The van der Waals surface area contributed by atoms with Gasteiger partial charge in [0.2, 0.25) is 0 Å². The molecule has 0 amide bonds. The van der Waals surface area contributed by atoms with Gasteiger partial charge in [-0.05, 0) is 36.4 Å². The van der Waals surface area contributed by atoms with E-state index in [1.54, 1.807) is 12.1 Å². The summed E-state index contributed by atoms with van der Waals surface area (Å²) in [7, 11) is 1.93. The van der Waals surface area contributed by atoms with E-state index in [4.69, 9.17) is 16.3 Å². The minimum atomic E-state index is 0.000508. The van der Waals surface area contributed by atoms with E-state index in [1.807, 2.05) is 43.4 Å². The first-order chi connectivity index (χ1) is 13.1. The number of halogens is 1. The predicted molar refractivity (Wildman–Crippen MR) is 105 cm³/mol. The number of nitriles is 1. The van der Waals surface area contributed by atoms with Crippen LogP contribution < -0.4 is 9.64 Å². The van der Waals surface area contributed by atoms with Gasteiger partial charge in [0, 0.05) is 5.02 Å². The Labute approximate surface area is 162 Å². The highest BCUT2D eigenvalue weighted by Crippen LogP contribution is 2.18. The van der Waals surface area contributed by atoms with Gasteiger partial charge in [-0.3, -0.25) is 0 Å². The number of benzene rings is 2. The predicted octanol–water partition coefficient (Wildman–Crippen LogP) is 2.60. The monoisotopic (exact) mass is 383 g/mol. The summed E-state index contributed by atoms with van der Waals surface area (Å²) in [5, 5.41) is 20.5. The fraction of sp³-hybridized carbons (Fsp3) is 0.200. The van der Waals surface area contributed by atoms with Crippen LogP contribution >= 0.6 is 11.6 Å². The molecular weight excluding hydrogens is 364 g/mol. The average Bonchev–Trinajstić information content (AvgIpc) is 3.07. The molecule has 3 aromatic rings. The van der Waals surface area contributed by atoms with Crippen molar-refractivity contribution in [2.75, 3.05) is 26.7 Å². The number of likely N-dealkylation sites (N-methyl/N-ethyl adjacent to an activating group) is 1. The fourth-order valence-corrected chi connectivity index (χ4v) is 2.79. The summed E-state index contributed by atoms with van der Waals surface area (Å²) in [5.74, 6) is 1.12. The number of para-hydroxylation sites is 2. The molecule has 2 aromatic carbocycles. The number of aliphatic hydroxyl groups excluding tert-OH is 1. The Morgan fingerprint density at radius 2 is 2.00 bits per heavy atom. The second-order valence-electron chi connectivity index (χ2n) is 6.22. The Morgan fingerprint density at radius 1 is 1.26 bits per heavy atom. The van der Waals surface area contributed by atoms with Crippen LogP contribution in [0.3, 0.4) is 0 Å². The molecule has 1 aromatic heterocycles. The zero-order valence-corrected chi connectivity index (χ0v) is 15.6. The van der Waals surface area contributed by atoms with Crippen LogP contribution in [-0.2, 0) is 0 Å². The number of H-pyrrole nitrogens is 1. The van der Waals surface area contributed by atoms with Crippen LogP contribution in [0.4, 0.5) is 0 Å². The van der Waals surface area contributed by atoms with Crippen LogP contribution in [0.25, 0.3) is 16.6 Å². The minimum Gasteiger partial charge on any atom is -0.506 e. The number of rotatable bonds is 7. The molecule has 1 heterocycles. The number of nitrogens with zero attached hydrogens (tertiary/aromatic N) is 2. The summed E-state index contributed by atoms with van der Waals surface area (Å²) in [6.07, 6.45) is 0. The number of aliphatic hydroxyl groups is 1. The van der Waals surface area contributed by atoms with Crippen molar-refractivity contribution in [2.24, 2.45) is 0 Å². The number of aromatic nitrogens is 2. The Hall–Kier alpha value is -3.01. The van der Waals surface area contributed by atoms with Crippen LogP contribution in [0.5, 0.6) is 5.75 Å². The highest BCUT2D eigenvalue weighted by Gasteiger charge is 2.16. The van der Waals surface area contributed by atoms with Crippen molar-refractivity contribution in [3.05, 3.63) is 65.1 Å². The normalized spacial score (nSPS) is 13.1. The van der Waals surface area contributed by atoms with Gasteiger partial charge in [0.15, 0.2) is 11.6 Å². The summed E-state index contributed by atoms with van der Waals surface area (Å²) < 4.78 is 5.66. The van der Waals surface area contributed by atoms with Crippen molar-refractivity contribution in [2.45, 2.75) is 0 Å². The molecule has 1 atom stereocenters. The second kappa shape index (κ2) is 8.58. The molecule has 0 spiro atoms. The number of fused-ring (bicyclic) bond motifs is 1. The standard InChI is InChI=1S/C20H19ClN4O2/c1-25(10-11-27-15-8-6-14(21)7-9-15)13-19(26)16(12-22)20-23-17-4-2-3-5-18(17)24-20/h2-9,26H,10-11,13H2,1H3,(H,23,24)/p+1/b19-16-. The minimum absolute atomic E-state index is 0.000508. The van der Waals surface area contributed by atoms with E-state index in [9.17, 15) is 10.4 Å². The number of imidazole rings is 1. The summed E-state index contributed by atoms with van der Waals surface area (Å²) in [4.78, 5) is 8.46. The number of ether oxygens (including phenoxy) is 1. The molecule has 0 fully saturated rings. The van der Waals surface area contributed by atoms with E-state index >= 15 is 0 Å². The van der Waals surface area contributed by atoms with Crippen LogP contribution in [0.15, 0.2) is 54.3 Å². The second-order valence-corrected chi connectivity index (χ2v) is 6.66. The number of hydrogen-bond acceptors (Lipinski definition) is 4. The first-order valence-corrected chi connectivity index (χ1v) is 8.91. The lowest BCUT2D eigenvalue weighted by molar-refractivity contribution is -0.875. The molecule has 27 heavy (non-hydrogen) atoms. The third-order valence-electron chi connectivity index (χ3n) is 4.11. The Morgan fingerprint density at radius 3 is 2.70 bits per heavy atom. The molecule has 0 aliphatic heterocycles. The van der Waals surface area contributed by atoms with Gasteiger partial charge in [-0.1, -0.05) is 23.7 Å². The van der Waals surface area contributed by atoms with Crippen LogP contribution in [0.2, 0.25) is 5.02 Å². The van der Waals surface area contributed by atoms with Gasteiger partial charge in [0.05, 0.1) is 18.1 Å². The molecule has 0 aliphatic carbocycles. The third kappa shape index (κ3) is 4.79. The number of quaternary nitrogens is 1. The molecule has 3 N–H and O–H groups in total. The molecule has 6 nitrogen and oxygen atoms in total. The molecule has 0 aliphatic rings. The zero-order valence-electron chi connectivity index (χ0n) is 14.9. The number of nitrogens with one attached hydrogen (secondary N) is 2. The van der Waals surface area contributed by atoms with Crippen LogP contribution in [-0.4, -0.2) is 41.8 Å². The zero-order chi connectivity index (χ0) is 19.2. The highest BCUT2D eigenvalue weighted by molar-refractivity contribution is 6.30. The van der Waals surface area contributed by atoms with Gasteiger partial charge in [-0.25, -0.2) is 4.98 Å². The highest BCUT2D eigenvalue weighted by atomic mass is 35.5. The van der Waals surface area contributed by atoms with E-state index in [0.29, 0.717) is 30.5 Å². The van der Waals surface area contributed by atoms with Crippen molar-refractivity contribution >= 4 is 28.2 Å². The summed E-state index contributed by atoms with van der Waals surface area (Å²) >= 11 is 5.85. The average molecular weight is 384 g/mol. The quantitative estimate of drug-likeness (QED) is 0.432. The summed E-state index contributed by atoms with van der Waals surface area (Å²) in [5.41, 5.74) is 1.74. The number of aromatic amines is 1. The van der Waals surface area contributed by atoms with E-state index in [1.165, 1.54) is 0 Å². The molecule has 0 saturated heterocycles. The fourth-order valence-electron chi connectivity index (χ4n) is 2.66. The van der Waals surface area contributed by atoms with Gasteiger partial charge < -0.3 is 19.7 Å². The van der Waals surface area contributed by atoms with Crippen molar-refractivity contribution in [1.82, 2.24) is 9.97 Å². The molecule has 0 radical (unpaired) electrons. The SMILES string of the molecule is C[NH+](CCOc1ccc(Cl)cc1)C/C(O)=C(\C#N)c1nc2ccccc2[nH]1. The smallest absolute Gasteiger partial charge is 0.169 e. The Kier molecular flexibility index (Phi) is 5.97. The molecule has 1 unspecified atom stereocenters. The van der Waals surface area contributed by atoms with Crippen molar-refractivity contribution in [3.8, 4) is 11.8 Å². The third-order valence-corrected chi connectivity index (χ3v) is 4.36. The van der Waals surface area contributed by atoms with Gasteiger partial charge in [0.25, 0.3) is 0 Å². The van der Waals surface area contributed by atoms with E-state index in [-0.39, 0.29) is 11.3 Å². The maximum absolute atomic E-state index is 10.4. The van der Waals surface area contributed by atoms with Gasteiger partial charge in [-0.2, -0.15) is 5.26 Å². The number of hydrogen-bond donors (Lipinski definition) is 3. The first-order valence-electron chi connectivity index (χ1n) is 8.54. The van der Waals surface area contributed by atoms with Crippen molar-refractivity contribution in [3.63, 3.8) is 0 Å². The molecule has 0 bridgehead atoms. The van der Waals surface area contributed by atoms with E-state index in [2.05, 4.69) is 16.0 Å². The van der Waals surface area contributed by atoms with Gasteiger partial charge >= 0.3 is 0 Å². The lowest BCUT2D eigenvalue weighted by atomic mass is 10.2. The topological polar surface area (TPSA) is 86.4 Å². The van der Waals surface area contributed by atoms with E-state index in [0.717, 1.165) is 21.7 Å². The van der Waals surface area contributed by atoms with E-state index < -0.39 is 0 Å². The maximum Gasteiger partial charge on any atom is 0.169 e.